The van der Waals surface area contributed by atoms with Crippen LogP contribution in [0.2, 0.25) is 0 Å². The molecule has 2 amide bonds. The summed E-state index contributed by atoms with van der Waals surface area (Å²) in [5.41, 5.74) is 5.21. The molecule has 0 aliphatic carbocycles. The van der Waals surface area contributed by atoms with Gasteiger partial charge in [0.15, 0.2) is 0 Å². The molecule has 0 atom stereocenters. The Hall–Kier alpha value is -3.68. The number of carbonyl (C=O) groups is 2. The van der Waals surface area contributed by atoms with Crippen molar-refractivity contribution in [2.45, 2.75) is 20.8 Å². The van der Waals surface area contributed by atoms with Gasteiger partial charge in [0.2, 0.25) is 5.91 Å². The number of alkyl halides is 2. The molecule has 2 aromatic heterocycles. The number of hydrogen-bond donors (Lipinski definition) is 6. The van der Waals surface area contributed by atoms with E-state index in [-0.39, 0.29) is 43.3 Å². The summed E-state index contributed by atoms with van der Waals surface area (Å²) in [5, 5.41) is 11.1. The Labute approximate surface area is 210 Å². The van der Waals surface area contributed by atoms with Gasteiger partial charge in [-0.3, -0.25) is 20.0 Å². The fourth-order valence-corrected chi connectivity index (χ4v) is 2.47. The van der Waals surface area contributed by atoms with E-state index in [2.05, 4.69) is 45.3 Å². The molecule has 0 bridgehead atoms. The van der Waals surface area contributed by atoms with Crippen molar-refractivity contribution in [1.29, 1.82) is 5.41 Å². The standard InChI is InChI=1S/C19H20F2N6O3.C2H4S.CH4.H3N.H2/c1-10(7-22)4-17(28)26-16-6-11(13(8-25-16)19(29)27-23-2)12-5-14(18(20)21)24-9-15(12)30-3;1-2-3;;;/h4-9,18,22-23H,1-3H3,(H,27,29)(H,25,26,28);2-3H,1H2;1H4;1H3;1H/b10-4-,22-7?;;;;. The number of ether oxygens (including phenoxy) is 1. The predicted octanol–water partition coefficient (Wildman–Crippen LogP) is 4.59. The molecule has 0 saturated heterocycles. The molecule has 0 spiro atoms. The minimum atomic E-state index is -2.83. The van der Waals surface area contributed by atoms with Crippen LogP contribution in [-0.4, -0.2) is 42.2 Å². The lowest BCUT2D eigenvalue weighted by Gasteiger charge is -2.15. The van der Waals surface area contributed by atoms with Gasteiger partial charge < -0.3 is 21.6 Å². The third-order valence-corrected chi connectivity index (χ3v) is 3.85. The molecule has 194 valence electrons. The lowest BCUT2D eigenvalue weighted by molar-refractivity contribution is -0.112. The van der Waals surface area contributed by atoms with E-state index in [4.69, 9.17) is 10.1 Å². The molecule has 2 rings (SSSR count). The Morgan fingerprint density at radius 1 is 1.26 bits per heavy atom. The zero-order chi connectivity index (χ0) is 25.0. The number of carbonyl (C=O) groups excluding carboxylic acids is 2. The van der Waals surface area contributed by atoms with Crippen LogP contribution in [-0.2, 0) is 4.79 Å². The number of thiol groups is 1. The van der Waals surface area contributed by atoms with Gasteiger partial charge in [-0.1, -0.05) is 14.0 Å². The fraction of sp³-hybridized carbons (Fsp3) is 0.227. The number of pyridine rings is 2. The molecule has 0 aliphatic rings. The molecule has 7 N–H and O–H groups in total. The maximum atomic E-state index is 13.2. The van der Waals surface area contributed by atoms with Gasteiger partial charge in [0.05, 0.1) is 18.9 Å². The van der Waals surface area contributed by atoms with Crippen molar-refractivity contribution in [3.8, 4) is 16.9 Å². The van der Waals surface area contributed by atoms with E-state index < -0.39 is 23.9 Å². The fourth-order valence-electron chi connectivity index (χ4n) is 2.47. The van der Waals surface area contributed by atoms with Gasteiger partial charge in [0.25, 0.3) is 12.3 Å². The third-order valence-electron chi connectivity index (χ3n) is 3.85. The number of aromatic nitrogens is 2. The molecular weight excluding hydrogens is 480 g/mol. The van der Waals surface area contributed by atoms with Crippen molar-refractivity contribution in [2.24, 2.45) is 0 Å². The number of hydrogen-bond acceptors (Lipinski definition) is 9. The van der Waals surface area contributed by atoms with Crippen molar-refractivity contribution < 1.29 is 24.5 Å². The molecule has 2 aromatic rings. The van der Waals surface area contributed by atoms with Crippen molar-refractivity contribution in [3.63, 3.8) is 0 Å². The number of hydrazine groups is 1. The van der Waals surface area contributed by atoms with E-state index in [1.807, 2.05) is 0 Å². The summed E-state index contributed by atoms with van der Waals surface area (Å²) in [6.45, 7) is 4.80. The summed E-state index contributed by atoms with van der Waals surface area (Å²) in [6.07, 6.45) is 1.70. The number of halogens is 2. The third kappa shape index (κ3) is 10.00. The Bertz CT molecular complexity index is 1060. The maximum Gasteiger partial charge on any atom is 0.280 e. The Morgan fingerprint density at radius 2 is 1.89 bits per heavy atom. The van der Waals surface area contributed by atoms with Crippen molar-refractivity contribution in [1.82, 2.24) is 27.0 Å². The molecule has 13 heteroatoms. The number of anilines is 1. The smallest absolute Gasteiger partial charge is 0.280 e. The lowest BCUT2D eigenvalue weighted by atomic mass is 10.00. The topological polar surface area (TPSA) is 164 Å². The molecule has 10 nitrogen and oxygen atoms in total. The highest BCUT2D eigenvalue weighted by Gasteiger charge is 2.20. The lowest BCUT2D eigenvalue weighted by Crippen LogP contribution is -2.34. The monoisotopic (exact) mass is 513 g/mol. The maximum absolute atomic E-state index is 13.2. The molecular formula is C22H33F2N7O3S. The summed E-state index contributed by atoms with van der Waals surface area (Å²) in [7, 11) is 2.82. The highest BCUT2D eigenvalue weighted by Crippen LogP contribution is 2.35. The first-order valence-electron chi connectivity index (χ1n) is 9.26. The number of rotatable bonds is 8. The molecule has 35 heavy (non-hydrogen) atoms. The van der Waals surface area contributed by atoms with Crippen LogP contribution in [0.25, 0.3) is 11.1 Å². The van der Waals surface area contributed by atoms with E-state index in [1.165, 1.54) is 37.9 Å². The second-order valence-corrected chi connectivity index (χ2v) is 6.50. The molecule has 2 heterocycles. The van der Waals surface area contributed by atoms with Gasteiger partial charge in [-0.25, -0.2) is 19.2 Å². The Kier molecular flexibility index (Phi) is 16.1. The van der Waals surface area contributed by atoms with Crippen LogP contribution in [0.1, 0.15) is 38.3 Å². The van der Waals surface area contributed by atoms with Crippen LogP contribution in [0, 0.1) is 5.41 Å². The molecule has 0 saturated carbocycles. The Morgan fingerprint density at radius 3 is 2.40 bits per heavy atom. The summed E-state index contributed by atoms with van der Waals surface area (Å²) in [5.74, 6) is -0.893. The largest absolute Gasteiger partial charge is 0.494 e. The van der Waals surface area contributed by atoms with E-state index >= 15 is 0 Å². The first kappa shape index (κ1) is 33.5. The highest BCUT2D eigenvalue weighted by molar-refractivity contribution is 7.83. The van der Waals surface area contributed by atoms with Gasteiger partial charge in [-0.05, 0) is 30.0 Å². The van der Waals surface area contributed by atoms with Gasteiger partial charge in [0.1, 0.15) is 17.3 Å². The molecule has 0 radical (unpaired) electrons. The molecule has 0 fully saturated rings. The van der Waals surface area contributed by atoms with Gasteiger partial charge in [0, 0.05) is 38.1 Å². The van der Waals surface area contributed by atoms with Crippen LogP contribution in [0.3, 0.4) is 0 Å². The van der Waals surface area contributed by atoms with Crippen LogP contribution in [0.4, 0.5) is 14.6 Å². The summed E-state index contributed by atoms with van der Waals surface area (Å²) >= 11 is 3.55. The number of nitrogens with zero attached hydrogens (tertiary/aromatic N) is 2. The van der Waals surface area contributed by atoms with Gasteiger partial charge >= 0.3 is 0 Å². The molecule has 0 aliphatic heterocycles. The first-order valence-corrected chi connectivity index (χ1v) is 9.78. The summed E-state index contributed by atoms with van der Waals surface area (Å²) in [4.78, 5) is 32.2. The average molecular weight is 514 g/mol. The van der Waals surface area contributed by atoms with Crippen molar-refractivity contribution in [3.05, 3.63) is 59.4 Å². The second-order valence-electron chi connectivity index (χ2n) is 6.13. The van der Waals surface area contributed by atoms with E-state index in [0.717, 1.165) is 18.5 Å². The van der Waals surface area contributed by atoms with E-state index in [9.17, 15) is 18.4 Å². The first-order chi connectivity index (χ1) is 15.7. The molecule has 0 aromatic carbocycles. The number of amides is 2. The normalized spacial score (nSPS) is 9.97. The van der Waals surface area contributed by atoms with E-state index in [0.29, 0.717) is 5.57 Å². The summed E-state index contributed by atoms with van der Waals surface area (Å²) in [6, 6.07) is 2.48. The van der Waals surface area contributed by atoms with Crippen molar-refractivity contribution >= 4 is 36.5 Å². The second kappa shape index (κ2) is 16.9. The Balaban J connectivity index is -0.00000172. The SMILES string of the molecule is C.C=CS.CNNC(=O)c1cnc(NC(=O)/C=C(/C)C=N)cc1-c1cc(C(F)F)ncc1OC.N.[HH]. The zero-order valence-corrected chi connectivity index (χ0v) is 19.7. The minimum Gasteiger partial charge on any atom is -0.494 e. The van der Waals surface area contributed by atoms with Crippen LogP contribution < -0.4 is 27.1 Å². The van der Waals surface area contributed by atoms with Gasteiger partial charge in [-0.15, -0.1) is 0 Å². The summed E-state index contributed by atoms with van der Waals surface area (Å²) < 4.78 is 31.6. The van der Waals surface area contributed by atoms with E-state index in [1.54, 1.807) is 6.92 Å². The number of nitrogens with one attached hydrogen (secondary N) is 4. The zero-order valence-electron chi connectivity index (χ0n) is 18.9. The van der Waals surface area contributed by atoms with Gasteiger partial charge in [-0.2, -0.15) is 12.6 Å². The minimum absolute atomic E-state index is 0. The van der Waals surface area contributed by atoms with Crippen LogP contribution >= 0.6 is 12.6 Å². The quantitative estimate of drug-likeness (QED) is 0.130. The van der Waals surface area contributed by atoms with Crippen LogP contribution in [0.15, 0.2) is 48.2 Å². The predicted molar refractivity (Wildman–Crippen MR) is 140 cm³/mol. The van der Waals surface area contributed by atoms with Crippen molar-refractivity contribution in [2.75, 3.05) is 19.5 Å². The van der Waals surface area contributed by atoms with Crippen LogP contribution in [0.5, 0.6) is 5.75 Å². The average Bonchev–Trinajstić information content (AvgIpc) is 2.78. The molecule has 0 unspecified atom stereocenters. The highest BCUT2D eigenvalue weighted by atomic mass is 32.1. The number of methoxy groups -OCH3 is 1. The number of allylic oxidation sites excluding steroid dienone is 1.